The molecule has 1 unspecified atom stereocenters. The van der Waals surface area contributed by atoms with E-state index in [2.05, 4.69) is 10.2 Å². The van der Waals surface area contributed by atoms with Gasteiger partial charge in [-0.15, -0.1) is 10.2 Å². The first-order valence-electron chi connectivity index (χ1n) is 9.91. The SMILES string of the molecule is C[C@H]1CCCS(=O)(=O)N1Cc1cc(F)c(N2C[C@@H]3C(n4cnnc4)[C@@H]3C2)cc1F. The molecule has 3 heterocycles. The van der Waals surface area contributed by atoms with Crippen LogP contribution in [0.2, 0.25) is 0 Å². The Labute approximate surface area is 168 Å². The van der Waals surface area contributed by atoms with Crippen LogP contribution in [0, 0.1) is 23.5 Å². The fraction of sp³-hybridized carbons (Fsp3) is 0.579. The van der Waals surface area contributed by atoms with E-state index in [0.717, 1.165) is 12.5 Å². The van der Waals surface area contributed by atoms with Crippen molar-refractivity contribution in [2.24, 2.45) is 11.8 Å². The van der Waals surface area contributed by atoms with Crippen molar-refractivity contribution >= 4 is 15.7 Å². The molecule has 0 amide bonds. The third kappa shape index (κ3) is 3.22. The predicted molar refractivity (Wildman–Crippen MR) is 103 cm³/mol. The molecule has 4 atom stereocenters. The second-order valence-electron chi connectivity index (χ2n) is 8.38. The van der Waals surface area contributed by atoms with Crippen molar-refractivity contribution in [1.82, 2.24) is 19.1 Å². The largest absolute Gasteiger partial charge is 0.368 e. The van der Waals surface area contributed by atoms with E-state index in [9.17, 15) is 17.2 Å². The lowest BCUT2D eigenvalue weighted by molar-refractivity contribution is 0.293. The summed E-state index contributed by atoms with van der Waals surface area (Å²) in [7, 11) is -3.43. The molecule has 1 saturated carbocycles. The molecule has 10 heteroatoms. The van der Waals surface area contributed by atoms with Crippen molar-refractivity contribution in [3.05, 3.63) is 42.0 Å². The van der Waals surface area contributed by atoms with Crippen LogP contribution >= 0.6 is 0 Å². The first-order valence-corrected chi connectivity index (χ1v) is 11.5. The lowest BCUT2D eigenvalue weighted by Gasteiger charge is -2.32. The summed E-state index contributed by atoms with van der Waals surface area (Å²) in [6.07, 6.45) is 4.71. The van der Waals surface area contributed by atoms with Gasteiger partial charge in [0.05, 0.1) is 11.4 Å². The molecule has 1 aromatic carbocycles. The lowest BCUT2D eigenvalue weighted by Crippen LogP contribution is -2.43. The standard InChI is InChI=1S/C19H23F2N5O2S/c1-12-3-2-4-29(27,28)26(12)7-13-5-17(21)18(6-16(13)20)24-8-14-15(9-24)19(14)25-10-22-23-11-25/h5-6,10-12,14-15,19H,2-4,7-9H2,1H3/t12-,14-,15+,19?/m0/s1. The summed E-state index contributed by atoms with van der Waals surface area (Å²) in [6, 6.07) is 2.49. The van der Waals surface area contributed by atoms with E-state index in [1.54, 1.807) is 12.7 Å². The van der Waals surface area contributed by atoms with Gasteiger partial charge in [0.15, 0.2) is 0 Å². The van der Waals surface area contributed by atoms with Crippen LogP contribution < -0.4 is 4.90 Å². The van der Waals surface area contributed by atoms with Gasteiger partial charge in [0.1, 0.15) is 24.3 Å². The highest BCUT2D eigenvalue weighted by Gasteiger charge is 2.57. The monoisotopic (exact) mass is 423 g/mol. The Kier molecular flexibility index (Phi) is 4.39. The van der Waals surface area contributed by atoms with E-state index in [1.807, 2.05) is 16.4 Å². The first kappa shape index (κ1) is 18.9. The number of hydrogen-bond donors (Lipinski definition) is 0. The second-order valence-corrected chi connectivity index (χ2v) is 10.4. The highest BCUT2D eigenvalue weighted by molar-refractivity contribution is 7.89. The van der Waals surface area contributed by atoms with E-state index in [4.69, 9.17) is 0 Å². The molecule has 0 N–H and O–H groups in total. The number of sulfonamides is 1. The number of anilines is 1. The average molecular weight is 423 g/mol. The Morgan fingerprint density at radius 2 is 1.79 bits per heavy atom. The molecular weight excluding hydrogens is 400 g/mol. The van der Waals surface area contributed by atoms with Gasteiger partial charge in [-0.3, -0.25) is 0 Å². The van der Waals surface area contributed by atoms with E-state index < -0.39 is 21.7 Å². The van der Waals surface area contributed by atoms with Gasteiger partial charge in [-0.2, -0.15) is 4.31 Å². The maximum atomic E-state index is 14.8. The summed E-state index contributed by atoms with van der Waals surface area (Å²) in [5, 5.41) is 7.66. The van der Waals surface area contributed by atoms with E-state index in [0.29, 0.717) is 37.4 Å². The molecule has 7 nitrogen and oxygen atoms in total. The number of benzene rings is 1. The Hall–Kier alpha value is -2.07. The van der Waals surface area contributed by atoms with Gasteiger partial charge < -0.3 is 9.47 Å². The van der Waals surface area contributed by atoms with E-state index in [-0.39, 0.29) is 29.6 Å². The second kappa shape index (κ2) is 6.73. The Bertz CT molecular complexity index is 1020. The number of fused-ring (bicyclic) bond motifs is 1. The molecular formula is C19H23F2N5O2S. The molecule has 0 spiro atoms. The maximum Gasteiger partial charge on any atom is 0.214 e. The summed E-state index contributed by atoms with van der Waals surface area (Å²) in [5.74, 6) is -0.250. The number of hydrogen-bond acceptors (Lipinski definition) is 5. The van der Waals surface area contributed by atoms with Crippen LogP contribution in [0.3, 0.4) is 0 Å². The van der Waals surface area contributed by atoms with Gasteiger partial charge in [-0.05, 0) is 25.8 Å². The summed E-state index contributed by atoms with van der Waals surface area (Å²) >= 11 is 0. The third-order valence-corrected chi connectivity index (χ3v) is 8.59. The Morgan fingerprint density at radius 3 is 2.45 bits per heavy atom. The van der Waals surface area contributed by atoms with Crippen molar-refractivity contribution in [1.29, 1.82) is 0 Å². The highest BCUT2D eigenvalue weighted by atomic mass is 32.2. The van der Waals surface area contributed by atoms with Crippen LogP contribution in [-0.4, -0.2) is 52.4 Å². The van der Waals surface area contributed by atoms with Crippen LogP contribution in [-0.2, 0) is 16.6 Å². The van der Waals surface area contributed by atoms with Crippen molar-refractivity contribution in [2.45, 2.75) is 38.4 Å². The summed E-state index contributed by atoms with van der Waals surface area (Å²) < 4.78 is 57.6. The fourth-order valence-corrected chi connectivity index (χ4v) is 6.71. The predicted octanol–water partition coefficient (Wildman–Crippen LogP) is 2.18. The molecule has 156 valence electrons. The minimum atomic E-state index is -3.43. The van der Waals surface area contributed by atoms with Gasteiger partial charge in [0.2, 0.25) is 10.0 Å². The third-order valence-electron chi connectivity index (χ3n) is 6.59. The van der Waals surface area contributed by atoms with Crippen LogP contribution in [0.1, 0.15) is 31.4 Å². The van der Waals surface area contributed by atoms with Gasteiger partial charge in [-0.1, -0.05) is 0 Å². The van der Waals surface area contributed by atoms with Crippen LogP contribution in [0.4, 0.5) is 14.5 Å². The van der Waals surface area contributed by atoms with Crippen LogP contribution in [0.25, 0.3) is 0 Å². The van der Waals surface area contributed by atoms with E-state index >= 15 is 0 Å². The van der Waals surface area contributed by atoms with E-state index in [1.165, 1.54) is 10.4 Å². The quantitative estimate of drug-likeness (QED) is 0.754. The molecule has 2 saturated heterocycles. The van der Waals surface area contributed by atoms with Gasteiger partial charge in [-0.25, -0.2) is 17.2 Å². The molecule has 3 fully saturated rings. The van der Waals surface area contributed by atoms with Crippen molar-refractivity contribution in [3.8, 4) is 0 Å². The normalized spacial score (nSPS) is 31.1. The topological polar surface area (TPSA) is 71.3 Å². The first-order chi connectivity index (χ1) is 13.8. The zero-order chi connectivity index (χ0) is 20.3. The minimum absolute atomic E-state index is 0.0592. The molecule has 0 radical (unpaired) electrons. The lowest BCUT2D eigenvalue weighted by atomic mass is 10.1. The molecule has 1 aromatic heterocycles. The van der Waals surface area contributed by atoms with Crippen LogP contribution in [0.5, 0.6) is 0 Å². The summed E-state index contributed by atoms with van der Waals surface area (Å²) in [5.41, 5.74) is 0.325. The molecule has 2 aliphatic heterocycles. The average Bonchev–Trinajstić information content (AvgIpc) is 3.07. The zero-order valence-electron chi connectivity index (χ0n) is 16.1. The number of piperidine rings is 1. The molecule has 29 heavy (non-hydrogen) atoms. The van der Waals surface area contributed by atoms with Crippen LogP contribution in [0.15, 0.2) is 24.8 Å². The van der Waals surface area contributed by atoms with Gasteiger partial charge in [0, 0.05) is 55.2 Å². The number of rotatable bonds is 4. The van der Waals surface area contributed by atoms with Crippen molar-refractivity contribution < 1.29 is 17.2 Å². The molecule has 1 aliphatic carbocycles. The molecule has 0 bridgehead atoms. The molecule has 5 rings (SSSR count). The molecule has 3 aliphatic rings. The van der Waals surface area contributed by atoms with Gasteiger partial charge in [0.25, 0.3) is 0 Å². The minimum Gasteiger partial charge on any atom is -0.368 e. The maximum absolute atomic E-state index is 14.8. The summed E-state index contributed by atoms with van der Waals surface area (Å²) in [6.45, 7) is 2.98. The molecule has 2 aromatic rings. The summed E-state index contributed by atoms with van der Waals surface area (Å²) in [4.78, 5) is 1.87. The Balaban J connectivity index is 1.32. The smallest absolute Gasteiger partial charge is 0.214 e. The van der Waals surface area contributed by atoms with Crippen molar-refractivity contribution in [2.75, 3.05) is 23.7 Å². The number of halogens is 2. The fourth-order valence-electron chi connectivity index (χ4n) is 4.96. The zero-order valence-corrected chi connectivity index (χ0v) is 16.9. The number of nitrogens with zero attached hydrogens (tertiary/aromatic N) is 5. The number of aromatic nitrogens is 3. The Morgan fingerprint density at radius 1 is 1.10 bits per heavy atom. The highest BCUT2D eigenvalue weighted by Crippen LogP contribution is 2.55. The van der Waals surface area contributed by atoms with Gasteiger partial charge >= 0.3 is 0 Å². The van der Waals surface area contributed by atoms with Crippen molar-refractivity contribution in [3.63, 3.8) is 0 Å².